The van der Waals surface area contributed by atoms with E-state index in [1.807, 2.05) is 0 Å². The van der Waals surface area contributed by atoms with Gasteiger partial charge in [0.1, 0.15) is 0 Å². The van der Waals surface area contributed by atoms with Gasteiger partial charge in [-0.15, -0.1) is 0 Å². The Bertz CT molecular complexity index is 334. The van der Waals surface area contributed by atoms with Crippen molar-refractivity contribution in [1.82, 2.24) is 0 Å². The van der Waals surface area contributed by atoms with Gasteiger partial charge in [-0.05, 0) is 30.7 Å². The number of rotatable bonds is 3. The standard InChI is InChI=1S/C10H13F3N2/c1-7-6-8(14)2-3-9(7)15-5-4-10(11,12)13/h2-3,6,15H,4-5,14H2,1H3. The van der Waals surface area contributed by atoms with Crippen molar-refractivity contribution in [3.05, 3.63) is 23.8 Å². The second-order valence-electron chi connectivity index (χ2n) is 3.37. The van der Waals surface area contributed by atoms with Crippen LogP contribution in [0.3, 0.4) is 0 Å². The fourth-order valence-corrected chi connectivity index (χ4v) is 1.22. The van der Waals surface area contributed by atoms with Gasteiger partial charge in [0.05, 0.1) is 6.42 Å². The van der Waals surface area contributed by atoms with Crippen LogP contribution in [0, 0.1) is 6.92 Å². The highest BCUT2D eigenvalue weighted by Gasteiger charge is 2.26. The van der Waals surface area contributed by atoms with Crippen molar-refractivity contribution < 1.29 is 13.2 Å². The third-order valence-corrected chi connectivity index (χ3v) is 1.97. The summed E-state index contributed by atoms with van der Waals surface area (Å²) >= 11 is 0. The lowest BCUT2D eigenvalue weighted by molar-refractivity contribution is -0.131. The van der Waals surface area contributed by atoms with E-state index in [2.05, 4.69) is 5.32 Å². The number of hydrogen-bond donors (Lipinski definition) is 2. The molecule has 5 heteroatoms. The van der Waals surface area contributed by atoms with Gasteiger partial charge in [0, 0.05) is 17.9 Å². The normalized spacial score (nSPS) is 11.5. The predicted octanol–water partition coefficient (Wildman–Crippen LogP) is 2.94. The molecule has 84 valence electrons. The lowest BCUT2D eigenvalue weighted by atomic mass is 10.2. The topological polar surface area (TPSA) is 38.0 Å². The van der Waals surface area contributed by atoms with E-state index in [9.17, 15) is 13.2 Å². The fourth-order valence-electron chi connectivity index (χ4n) is 1.22. The van der Waals surface area contributed by atoms with Crippen molar-refractivity contribution in [2.45, 2.75) is 19.5 Å². The molecule has 0 atom stereocenters. The molecule has 0 amide bonds. The zero-order chi connectivity index (χ0) is 11.5. The summed E-state index contributed by atoms with van der Waals surface area (Å²) < 4.78 is 35.6. The van der Waals surface area contributed by atoms with Crippen LogP contribution in [0.1, 0.15) is 12.0 Å². The van der Waals surface area contributed by atoms with Crippen LogP contribution in [0.15, 0.2) is 18.2 Å². The number of aryl methyl sites for hydroxylation is 1. The van der Waals surface area contributed by atoms with Gasteiger partial charge in [-0.2, -0.15) is 13.2 Å². The minimum absolute atomic E-state index is 0.117. The quantitative estimate of drug-likeness (QED) is 0.765. The molecule has 0 aliphatic rings. The van der Waals surface area contributed by atoms with Crippen LogP contribution in [0.4, 0.5) is 24.5 Å². The Labute approximate surface area is 86.3 Å². The number of anilines is 2. The molecule has 0 saturated heterocycles. The van der Waals surface area contributed by atoms with Gasteiger partial charge in [-0.1, -0.05) is 0 Å². The maximum Gasteiger partial charge on any atom is 0.390 e. The van der Waals surface area contributed by atoms with Crippen LogP contribution in [0.2, 0.25) is 0 Å². The van der Waals surface area contributed by atoms with Gasteiger partial charge < -0.3 is 11.1 Å². The number of halogens is 3. The Morgan fingerprint density at radius 1 is 1.33 bits per heavy atom. The second-order valence-corrected chi connectivity index (χ2v) is 3.37. The van der Waals surface area contributed by atoms with Gasteiger partial charge >= 0.3 is 6.18 Å². The van der Waals surface area contributed by atoms with Crippen LogP contribution in [-0.4, -0.2) is 12.7 Å². The van der Waals surface area contributed by atoms with Crippen LogP contribution in [-0.2, 0) is 0 Å². The molecule has 3 N–H and O–H groups in total. The summed E-state index contributed by atoms with van der Waals surface area (Å²) in [6, 6.07) is 5.06. The molecule has 0 bridgehead atoms. The average Bonchev–Trinajstić information content (AvgIpc) is 2.07. The van der Waals surface area contributed by atoms with E-state index in [-0.39, 0.29) is 6.54 Å². The molecule has 1 rings (SSSR count). The number of benzene rings is 1. The van der Waals surface area contributed by atoms with Crippen LogP contribution in [0.5, 0.6) is 0 Å². The summed E-state index contributed by atoms with van der Waals surface area (Å²) in [5.74, 6) is 0. The Morgan fingerprint density at radius 2 is 2.00 bits per heavy atom. The molecular weight excluding hydrogens is 205 g/mol. The lowest BCUT2D eigenvalue weighted by Gasteiger charge is -2.11. The predicted molar refractivity (Wildman–Crippen MR) is 54.8 cm³/mol. The van der Waals surface area contributed by atoms with Gasteiger partial charge in [0.25, 0.3) is 0 Å². The van der Waals surface area contributed by atoms with Gasteiger partial charge in [-0.25, -0.2) is 0 Å². The molecule has 0 saturated carbocycles. The van der Waals surface area contributed by atoms with Gasteiger partial charge in [-0.3, -0.25) is 0 Å². The SMILES string of the molecule is Cc1cc(N)ccc1NCCC(F)(F)F. The van der Waals surface area contributed by atoms with E-state index in [0.29, 0.717) is 11.4 Å². The number of nitrogen functional groups attached to an aromatic ring is 1. The Morgan fingerprint density at radius 3 is 2.53 bits per heavy atom. The molecule has 2 nitrogen and oxygen atoms in total. The van der Waals surface area contributed by atoms with Gasteiger partial charge in [0.2, 0.25) is 0 Å². The van der Waals surface area contributed by atoms with E-state index in [0.717, 1.165) is 5.56 Å². The molecule has 0 heterocycles. The summed E-state index contributed by atoms with van der Waals surface area (Å²) in [4.78, 5) is 0. The van der Waals surface area contributed by atoms with Crippen molar-refractivity contribution in [2.24, 2.45) is 0 Å². The zero-order valence-corrected chi connectivity index (χ0v) is 8.36. The smallest absolute Gasteiger partial charge is 0.390 e. The van der Waals surface area contributed by atoms with E-state index in [4.69, 9.17) is 5.73 Å². The molecule has 0 radical (unpaired) electrons. The Kier molecular flexibility index (Phi) is 3.44. The summed E-state index contributed by atoms with van der Waals surface area (Å²) in [5.41, 5.74) is 7.66. The zero-order valence-electron chi connectivity index (χ0n) is 8.36. The molecule has 1 aromatic rings. The fraction of sp³-hybridized carbons (Fsp3) is 0.400. The second kappa shape index (κ2) is 4.42. The molecule has 1 aromatic carbocycles. The molecule has 15 heavy (non-hydrogen) atoms. The molecular formula is C10H13F3N2. The number of nitrogens with one attached hydrogen (secondary N) is 1. The first-order valence-electron chi connectivity index (χ1n) is 4.55. The van der Waals surface area contributed by atoms with Crippen molar-refractivity contribution in [3.8, 4) is 0 Å². The third kappa shape index (κ3) is 4.10. The van der Waals surface area contributed by atoms with Crippen LogP contribution < -0.4 is 11.1 Å². The summed E-state index contributed by atoms with van der Waals surface area (Å²) in [6.07, 6.45) is -4.95. The Hall–Kier alpha value is -1.39. The highest BCUT2D eigenvalue weighted by atomic mass is 19.4. The van der Waals surface area contributed by atoms with Crippen molar-refractivity contribution in [2.75, 3.05) is 17.6 Å². The average molecular weight is 218 g/mol. The summed E-state index contributed by atoms with van der Waals surface area (Å²) in [7, 11) is 0. The van der Waals surface area contributed by atoms with Crippen molar-refractivity contribution in [1.29, 1.82) is 0 Å². The maximum absolute atomic E-state index is 11.9. The van der Waals surface area contributed by atoms with E-state index < -0.39 is 12.6 Å². The molecule has 0 aromatic heterocycles. The lowest BCUT2D eigenvalue weighted by Crippen LogP contribution is -2.15. The highest BCUT2D eigenvalue weighted by molar-refractivity contribution is 5.57. The van der Waals surface area contributed by atoms with Gasteiger partial charge in [0.15, 0.2) is 0 Å². The number of hydrogen-bond acceptors (Lipinski definition) is 2. The maximum atomic E-state index is 11.9. The van der Waals surface area contributed by atoms with Crippen molar-refractivity contribution in [3.63, 3.8) is 0 Å². The minimum Gasteiger partial charge on any atom is -0.399 e. The summed E-state index contributed by atoms with van der Waals surface area (Å²) in [6.45, 7) is 1.68. The third-order valence-electron chi connectivity index (χ3n) is 1.97. The summed E-state index contributed by atoms with van der Waals surface area (Å²) in [5, 5.41) is 2.72. The first-order chi connectivity index (χ1) is 6.88. The first kappa shape index (κ1) is 11.7. The molecule has 0 unspecified atom stereocenters. The largest absolute Gasteiger partial charge is 0.399 e. The minimum atomic E-state index is -4.12. The first-order valence-corrected chi connectivity index (χ1v) is 4.55. The Balaban J connectivity index is 2.51. The molecule has 0 aliphatic heterocycles. The molecule has 0 aliphatic carbocycles. The van der Waals surface area contributed by atoms with E-state index >= 15 is 0 Å². The van der Waals surface area contributed by atoms with E-state index in [1.54, 1.807) is 25.1 Å². The number of alkyl halides is 3. The molecule has 0 fully saturated rings. The molecule has 0 spiro atoms. The van der Waals surface area contributed by atoms with Crippen LogP contribution >= 0.6 is 0 Å². The number of nitrogens with two attached hydrogens (primary N) is 1. The van der Waals surface area contributed by atoms with Crippen LogP contribution in [0.25, 0.3) is 0 Å². The highest BCUT2D eigenvalue weighted by Crippen LogP contribution is 2.21. The monoisotopic (exact) mass is 218 g/mol. The van der Waals surface area contributed by atoms with Crippen molar-refractivity contribution >= 4 is 11.4 Å². The van der Waals surface area contributed by atoms with E-state index in [1.165, 1.54) is 0 Å².